The van der Waals surface area contributed by atoms with Crippen LogP contribution >= 0.6 is 12.2 Å². The zero-order valence-corrected chi connectivity index (χ0v) is 12.5. The second-order valence-electron chi connectivity index (χ2n) is 5.33. The smallest absolute Gasteiger partial charge is 0.234 e. The first-order chi connectivity index (χ1) is 9.58. The Morgan fingerprint density at radius 2 is 1.95 bits per heavy atom. The first kappa shape index (κ1) is 14.9. The van der Waals surface area contributed by atoms with E-state index in [-0.39, 0.29) is 16.9 Å². The number of amides is 1. The quantitative estimate of drug-likeness (QED) is 0.820. The summed E-state index contributed by atoms with van der Waals surface area (Å²) in [7, 11) is 2.10. The number of nitrogens with one attached hydrogen (secondary N) is 1. The number of carbonyl (C=O) groups is 1. The molecule has 0 bridgehead atoms. The molecule has 0 aliphatic carbocycles. The zero-order chi connectivity index (χ0) is 14.5. The largest absolute Gasteiger partial charge is 0.392 e. The minimum atomic E-state index is -0.536. The average molecular weight is 291 g/mol. The Morgan fingerprint density at radius 1 is 1.35 bits per heavy atom. The lowest BCUT2D eigenvalue weighted by atomic mass is 9.97. The van der Waals surface area contributed by atoms with Gasteiger partial charge in [0.15, 0.2) is 0 Å². The van der Waals surface area contributed by atoms with Crippen LogP contribution in [0.15, 0.2) is 30.3 Å². The highest BCUT2D eigenvalue weighted by atomic mass is 32.1. The van der Waals surface area contributed by atoms with Crippen molar-refractivity contribution >= 4 is 23.1 Å². The van der Waals surface area contributed by atoms with E-state index in [0.29, 0.717) is 0 Å². The van der Waals surface area contributed by atoms with Gasteiger partial charge in [-0.3, -0.25) is 4.79 Å². The molecule has 4 nitrogen and oxygen atoms in total. The molecule has 1 unspecified atom stereocenters. The maximum Gasteiger partial charge on any atom is 0.234 e. The molecular formula is C15H21N3OS. The minimum absolute atomic E-state index is 0.0850. The second-order valence-corrected chi connectivity index (χ2v) is 5.80. The van der Waals surface area contributed by atoms with Crippen molar-refractivity contribution in [3.8, 4) is 0 Å². The average Bonchev–Trinajstić information content (AvgIpc) is 2.42. The Labute approximate surface area is 125 Å². The van der Waals surface area contributed by atoms with Crippen molar-refractivity contribution in [1.82, 2.24) is 10.2 Å². The fraction of sp³-hybridized carbons (Fsp3) is 0.467. The molecule has 108 valence electrons. The van der Waals surface area contributed by atoms with Crippen molar-refractivity contribution in [3.05, 3.63) is 35.9 Å². The number of nitrogens with zero attached hydrogens (tertiary/aromatic N) is 1. The standard InChI is InChI=1S/C15H21N3OS/c1-18-9-7-12(8-10-18)17-15(19)13(14(16)20)11-5-3-2-4-6-11/h2-6,12-13H,7-10H2,1H3,(H2,16,20)(H,17,19). The molecule has 1 fully saturated rings. The summed E-state index contributed by atoms with van der Waals surface area (Å²) in [6, 6.07) is 9.69. The predicted molar refractivity (Wildman–Crippen MR) is 84.6 cm³/mol. The van der Waals surface area contributed by atoms with Crippen molar-refractivity contribution in [3.63, 3.8) is 0 Å². The first-order valence-corrected chi connectivity index (χ1v) is 7.32. The Balaban J connectivity index is 2.03. The number of carbonyl (C=O) groups excluding carboxylic acids is 1. The molecule has 1 saturated heterocycles. The third-order valence-electron chi connectivity index (χ3n) is 3.74. The molecule has 1 aromatic rings. The van der Waals surface area contributed by atoms with E-state index in [1.54, 1.807) is 0 Å². The number of thiocarbonyl (C=S) groups is 1. The van der Waals surface area contributed by atoms with E-state index in [4.69, 9.17) is 18.0 Å². The van der Waals surface area contributed by atoms with E-state index in [1.165, 1.54) is 0 Å². The van der Waals surface area contributed by atoms with Gasteiger partial charge in [-0.2, -0.15) is 0 Å². The molecule has 0 aromatic heterocycles. The Hall–Kier alpha value is -1.46. The van der Waals surface area contributed by atoms with Crippen molar-refractivity contribution in [1.29, 1.82) is 0 Å². The molecule has 1 aromatic carbocycles. The number of nitrogens with two attached hydrogens (primary N) is 1. The normalized spacial score (nSPS) is 18.4. The molecule has 1 atom stereocenters. The lowest BCUT2D eigenvalue weighted by Gasteiger charge is -2.30. The summed E-state index contributed by atoms with van der Waals surface area (Å²) in [6.45, 7) is 2.02. The molecule has 0 saturated carbocycles. The number of rotatable bonds is 4. The highest BCUT2D eigenvalue weighted by molar-refractivity contribution is 7.80. The molecule has 1 aliphatic rings. The van der Waals surface area contributed by atoms with E-state index in [0.717, 1.165) is 31.5 Å². The van der Waals surface area contributed by atoms with Gasteiger partial charge in [0.05, 0.1) is 4.99 Å². The van der Waals surface area contributed by atoms with E-state index >= 15 is 0 Å². The van der Waals surface area contributed by atoms with Crippen LogP contribution < -0.4 is 11.1 Å². The van der Waals surface area contributed by atoms with Crippen molar-refractivity contribution in [2.24, 2.45) is 5.73 Å². The molecule has 20 heavy (non-hydrogen) atoms. The van der Waals surface area contributed by atoms with Gasteiger partial charge in [0, 0.05) is 6.04 Å². The fourth-order valence-corrected chi connectivity index (χ4v) is 2.77. The third kappa shape index (κ3) is 3.77. The highest BCUT2D eigenvalue weighted by Gasteiger charge is 2.26. The highest BCUT2D eigenvalue weighted by Crippen LogP contribution is 2.18. The van der Waals surface area contributed by atoms with E-state index in [1.807, 2.05) is 30.3 Å². The van der Waals surface area contributed by atoms with Gasteiger partial charge in [-0.05, 0) is 38.5 Å². The summed E-state index contributed by atoms with van der Waals surface area (Å²) in [5.41, 5.74) is 6.61. The lowest BCUT2D eigenvalue weighted by Crippen LogP contribution is -2.46. The van der Waals surface area contributed by atoms with Crippen LogP contribution in [-0.4, -0.2) is 42.0 Å². The first-order valence-electron chi connectivity index (χ1n) is 6.91. The number of hydrogen-bond acceptors (Lipinski definition) is 3. The minimum Gasteiger partial charge on any atom is -0.392 e. The third-order valence-corrected chi connectivity index (χ3v) is 3.98. The Kier molecular flexibility index (Phi) is 5.09. The van der Waals surface area contributed by atoms with Gasteiger partial charge in [-0.25, -0.2) is 0 Å². The maximum atomic E-state index is 12.4. The summed E-state index contributed by atoms with van der Waals surface area (Å²) >= 11 is 5.07. The van der Waals surface area contributed by atoms with Gasteiger partial charge < -0.3 is 16.0 Å². The van der Waals surface area contributed by atoms with Crippen LogP contribution in [-0.2, 0) is 4.79 Å². The topological polar surface area (TPSA) is 58.4 Å². The summed E-state index contributed by atoms with van der Waals surface area (Å²) < 4.78 is 0. The number of benzene rings is 1. The van der Waals surface area contributed by atoms with Crippen LogP contribution in [0.4, 0.5) is 0 Å². The van der Waals surface area contributed by atoms with E-state index < -0.39 is 5.92 Å². The van der Waals surface area contributed by atoms with E-state index in [9.17, 15) is 4.79 Å². The van der Waals surface area contributed by atoms with Crippen LogP contribution in [0.1, 0.15) is 24.3 Å². The van der Waals surface area contributed by atoms with E-state index in [2.05, 4.69) is 17.3 Å². The van der Waals surface area contributed by atoms with Crippen LogP contribution in [0.25, 0.3) is 0 Å². The predicted octanol–water partition coefficient (Wildman–Crippen LogP) is 1.27. The fourth-order valence-electron chi connectivity index (χ4n) is 2.53. The number of hydrogen-bond donors (Lipinski definition) is 2. The number of piperidine rings is 1. The van der Waals surface area contributed by atoms with Crippen molar-refractivity contribution in [2.45, 2.75) is 24.8 Å². The van der Waals surface area contributed by atoms with Gasteiger partial charge in [-0.15, -0.1) is 0 Å². The van der Waals surface area contributed by atoms with Crippen LogP contribution in [0.5, 0.6) is 0 Å². The molecule has 1 amide bonds. The lowest BCUT2D eigenvalue weighted by molar-refractivity contribution is -0.122. The maximum absolute atomic E-state index is 12.4. The monoisotopic (exact) mass is 291 g/mol. The van der Waals surface area contributed by atoms with Gasteiger partial charge in [0.2, 0.25) is 5.91 Å². The molecule has 3 N–H and O–H groups in total. The van der Waals surface area contributed by atoms with Crippen molar-refractivity contribution in [2.75, 3.05) is 20.1 Å². The molecule has 0 spiro atoms. The van der Waals surface area contributed by atoms with Crippen molar-refractivity contribution < 1.29 is 4.79 Å². The molecule has 1 aliphatic heterocycles. The summed E-state index contributed by atoms with van der Waals surface area (Å²) in [5, 5.41) is 3.09. The zero-order valence-electron chi connectivity index (χ0n) is 11.7. The molecule has 2 rings (SSSR count). The Bertz CT molecular complexity index is 469. The van der Waals surface area contributed by atoms with Gasteiger partial charge in [-0.1, -0.05) is 42.5 Å². The van der Waals surface area contributed by atoms with Crippen LogP contribution in [0, 0.1) is 0 Å². The van der Waals surface area contributed by atoms with Gasteiger partial charge in [0.1, 0.15) is 5.92 Å². The number of likely N-dealkylation sites (tertiary alicyclic amines) is 1. The second kappa shape index (κ2) is 6.81. The summed E-state index contributed by atoms with van der Waals surface area (Å²) in [5.74, 6) is -0.621. The molecule has 1 heterocycles. The van der Waals surface area contributed by atoms with Gasteiger partial charge >= 0.3 is 0 Å². The summed E-state index contributed by atoms with van der Waals surface area (Å²) in [6.07, 6.45) is 1.95. The summed E-state index contributed by atoms with van der Waals surface area (Å²) in [4.78, 5) is 14.9. The molecular weight excluding hydrogens is 270 g/mol. The SMILES string of the molecule is CN1CCC(NC(=O)C(C(N)=S)c2ccccc2)CC1. The van der Waals surface area contributed by atoms with Crippen LogP contribution in [0.2, 0.25) is 0 Å². The molecule has 0 radical (unpaired) electrons. The molecule has 5 heteroatoms. The van der Waals surface area contributed by atoms with Gasteiger partial charge in [0.25, 0.3) is 0 Å². The van der Waals surface area contributed by atoms with Crippen LogP contribution in [0.3, 0.4) is 0 Å². The Morgan fingerprint density at radius 3 is 2.50 bits per heavy atom.